The van der Waals surface area contributed by atoms with Gasteiger partial charge in [0.05, 0.1) is 24.8 Å². The van der Waals surface area contributed by atoms with Gasteiger partial charge in [-0.05, 0) is 67.3 Å². The average molecular weight is 538 g/mol. The van der Waals surface area contributed by atoms with Crippen LogP contribution in [-0.4, -0.2) is 65.8 Å². The Morgan fingerprint density at radius 1 is 1.16 bits per heavy atom. The molecule has 7 nitrogen and oxygen atoms in total. The Labute approximate surface area is 230 Å². The molecule has 0 bridgehead atoms. The lowest BCUT2D eigenvalue weighted by Crippen LogP contribution is -2.42. The van der Waals surface area contributed by atoms with Gasteiger partial charge in [-0.3, -0.25) is 15.0 Å². The summed E-state index contributed by atoms with van der Waals surface area (Å²) in [5.74, 6) is -0.0343. The quantitative estimate of drug-likeness (QED) is 0.472. The number of nitrogens with one attached hydrogen (secondary N) is 1. The van der Waals surface area contributed by atoms with Crippen LogP contribution in [0.25, 0.3) is 5.70 Å². The van der Waals surface area contributed by atoms with E-state index < -0.39 is 5.97 Å². The van der Waals surface area contributed by atoms with Crippen LogP contribution in [0, 0.1) is 19.8 Å². The molecule has 3 atom stereocenters. The standard InChI is InChI=1S/C30H39N3O4S/c1-20-4-9-28(37-18-24-6-5-22(15-21(24)2)17-33-10-12-36-13-11-33)26(14-20)27-19-38-30(32(27)3)31-25-8-7-23(16-25)29(34)35/h4-6,9,14-15,19,23,25,30-31H,7-8,10-13,16-18H2,1-3H3,(H,34,35)/t23-,25+,30?/m1/s1. The van der Waals surface area contributed by atoms with Crippen LogP contribution in [0.5, 0.6) is 5.75 Å². The summed E-state index contributed by atoms with van der Waals surface area (Å²) in [6.45, 7) is 9.35. The topological polar surface area (TPSA) is 74.3 Å². The Kier molecular flexibility index (Phi) is 8.63. The number of benzene rings is 2. The van der Waals surface area contributed by atoms with E-state index in [0.717, 1.165) is 62.7 Å². The molecule has 1 saturated heterocycles. The summed E-state index contributed by atoms with van der Waals surface area (Å²) in [4.78, 5) is 16.0. The van der Waals surface area contributed by atoms with Crippen LogP contribution in [0.2, 0.25) is 0 Å². The number of ether oxygens (including phenoxy) is 2. The summed E-state index contributed by atoms with van der Waals surface area (Å²) in [5.41, 5.74) is 7.24. The molecule has 1 saturated carbocycles. The maximum atomic E-state index is 11.4. The van der Waals surface area contributed by atoms with E-state index in [1.807, 2.05) is 0 Å². The van der Waals surface area contributed by atoms with E-state index in [9.17, 15) is 9.90 Å². The van der Waals surface area contributed by atoms with E-state index in [1.165, 1.54) is 22.3 Å². The molecule has 0 spiro atoms. The predicted octanol–water partition coefficient (Wildman–Crippen LogP) is 4.82. The molecule has 2 aliphatic heterocycles. The SMILES string of the molecule is Cc1ccc(OCc2ccc(CN3CCOCC3)cc2C)c(C2=CSC(N[C@H]3CC[C@@H](C(=O)O)C3)N2C)c1. The fourth-order valence-electron chi connectivity index (χ4n) is 5.55. The molecule has 2 N–H and O–H groups in total. The van der Waals surface area contributed by atoms with E-state index >= 15 is 0 Å². The fourth-order valence-corrected chi connectivity index (χ4v) is 6.67. The zero-order valence-electron chi connectivity index (χ0n) is 22.6. The van der Waals surface area contributed by atoms with Gasteiger partial charge < -0.3 is 19.5 Å². The van der Waals surface area contributed by atoms with Crippen molar-refractivity contribution in [2.45, 2.75) is 57.8 Å². The van der Waals surface area contributed by atoms with Crippen LogP contribution in [0.3, 0.4) is 0 Å². The van der Waals surface area contributed by atoms with Crippen LogP contribution in [-0.2, 0) is 22.7 Å². The van der Waals surface area contributed by atoms with Gasteiger partial charge in [-0.25, -0.2) is 0 Å². The van der Waals surface area contributed by atoms with Crippen molar-refractivity contribution in [1.82, 2.24) is 15.1 Å². The van der Waals surface area contributed by atoms with Gasteiger partial charge in [0.15, 0.2) is 0 Å². The zero-order chi connectivity index (χ0) is 26.6. The minimum absolute atomic E-state index is 0.0807. The summed E-state index contributed by atoms with van der Waals surface area (Å²) < 4.78 is 11.9. The van der Waals surface area contributed by atoms with Crippen LogP contribution in [0.15, 0.2) is 41.8 Å². The van der Waals surface area contributed by atoms with Crippen LogP contribution in [0.4, 0.5) is 0 Å². The monoisotopic (exact) mass is 537 g/mol. The van der Waals surface area contributed by atoms with Gasteiger partial charge >= 0.3 is 5.97 Å². The third-order valence-electron chi connectivity index (χ3n) is 7.91. The molecule has 1 unspecified atom stereocenters. The Morgan fingerprint density at radius 3 is 2.71 bits per heavy atom. The van der Waals surface area contributed by atoms with Crippen molar-refractivity contribution in [2.24, 2.45) is 5.92 Å². The van der Waals surface area contributed by atoms with Crippen LogP contribution in [0.1, 0.15) is 47.1 Å². The van der Waals surface area contributed by atoms with Gasteiger partial charge in [0.1, 0.15) is 17.9 Å². The second kappa shape index (κ2) is 12.1. The van der Waals surface area contributed by atoms with Crippen molar-refractivity contribution in [1.29, 1.82) is 0 Å². The first-order chi connectivity index (χ1) is 18.4. The van der Waals surface area contributed by atoms with Gasteiger partial charge in [-0.2, -0.15) is 0 Å². The molecule has 0 amide bonds. The fraction of sp³-hybridized carbons (Fsp3) is 0.500. The minimum atomic E-state index is -0.677. The van der Waals surface area contributed by atoms with Gasteiger partial charge in [0.2, 0.25) is 0 Å². The molecule has 1 aliphatic carbocycles. The normalized spacial score (nSPS) is 24.0. The molecular formula is C30H39N3O4S. The third kappa shape index (κ3) is 6.37. The maximum Gasteiger partial charge on any atom is 0.306 e. The number of morpholine rings is 1. The van der Waals surface area contributed by atoms with E-state index in [0.29, 0.717) is 13.0 Å². The largest absolute Gasteiger partial charge is 0.488 e. The molecule has 0 radical (unpaired) electrons. The predicted molar refractivity (Wildman–Crippen MR) is 152 cm³/mol. The summed E-state index contributed by atoms with van der Waals surface area (Å²) in [7, 11) is 2.09. The maximum absolute atomic E-state index is 11.4. The first kappa shape index (κ1) is 27.1. The van der Waals surface area contributed by atoms with E-state index in [2.05, 4.69) is 77.8 Å². The Hall–Kier alpha value is -2.52. The van der Waals surface area contributed by atoms with Crippen molar-refractivity contribution in [2.75, 3.05) is 33.4 Å². The van der Waals surface area contributed by atoms with Gasteiger partial charge in [0, 0.05) is 38.3 Å². The molecule has 2 aromatic rings. The summed E-state index contributed by atoms with van der Waals surface area (Å²) in [6.07, 6.45) is 2.34. The molecule has 2 fully saturated rings. The second-order valence-electron chi connectivity index (χ2n) is 10.8. The van der Waals surface area contributed by atoms with Gasteiger partial charge in [-0.1, -0.05) is 41.6 Å². The highest BCUT2D eigenvalue weighted by atomic mass is 32.2. The number of aryl methyl sites for hydroxylation is 2. The highest BCUT2D eigenvalue weighted by Crippen LogP contribution is 2.40. The van der Waals surface area contributed by atoms with Crippen molar-refractivity contribution in [3.63, 3.8) is 0 Å². The van der Waals surface area contributed by atoms with Crippen molar-refractivity contribution < 1.29 is 19.4 Å². The number of thioether (sulfide) groups is 1. The molecule has 204 valence electrons. The minimum Gasteiger partial charge on any atom is -0.488 e. The number of carbonyl (C=O) groups is 1. The van der Waals surface area contributed by atoms with Crippen molar-refractivity contribution >= 4 is 23.4 Å². The van der Waals surface area contributed by atoms with Gasteiger partial charge in [-0.15, -0.1) is 0 Å². The molecule has 38 heavy (non-hydrogen) atoms. The number of carboxylic acid groups (broad SMARTS) is 1. The first-order valence-corrected chi connectivity index (χ1v) is 14.5. The Balaban J connectivity index is 1.23. The number of carboxylic acids is 1. The molecule has 5 rings (SSSR count). The van der Waals surface area contributed by atoms with Crippen LogP contribution >= 0.6 is 11.8 Å². The molecule has 2 heterocycles. The van der Waals surface area contributed by atoms with Crippen molar-refractivity contribution in [3.05, 3.63) is 69.6 Å². The van der Waals surface area contributed by atoms with E-state index in [-0.39, 0.29) is 17.5 Å². The average Bonchev–Trinajstić information content (AvgIpc) is 3.52. The molecule has 2 aromatic carbocycles. The summed E-state index contributed by atoms with van der Waals surface area (Å²) in [6, 6.07) is 13.3. The lowest BCUT2D eigenvalue weighted by atomic mass is 10.0. The highest BCUT2D eigenvalue weighted by molar-refractivity contribution is 8.03. The summed E-state index contributed by atoms with van der Waals surface area (Å²) in [5, 5.41) is 15.2. The van der Waals surface area contributed by atoms with Crippen LogP contribution < -0.4 is 10.1 Å². The number of rotatable bonds is 9. The number of hydrogen-bond acceptors (Lipinski definition) is 7. The molecular weight excluding hydrogens is 498 g/mol. The Morgan fingerprint density at radius 2 is 1.97 bits per heavy atom. The third-order valence-corrected chi connectivity index (χ3v) is 8.98. The lowest BCUT2D eigenvalue weighted by Gasteiger charge is -2.29. The van der Waals surface area contributed by atoms with E-state index in [4.69, 9.17) is 9.47 Å². The lowest BCUT2D eigenvalue weighted by molar-refractivity contribution is -0.141. The smallest absolute Gasteiger partial charge is 0.306 e. The number of nitrogens with zero attached hydrogens (tertiary/aromatic N) is 2. The second-order valence-corrected chi connectivity index (χ2v) is 11.7. The molecule has 8 heteroatoms. The first-order valence-electron chi connectivity index (χ1n) is 13.6. The Bertz CT molecular complexity index is 1180. The van der Waals surface area contributed by atoms with E-state index in [1.54, 1.807) is 11.8 Å². The van der Waals surface area contributed by atoms with Gasteiger partial charge in [0.25, 0.3) is 0 Å². The molecule has 0 aromatic heterocycles. The number of aliphatic carboxylic acids is 1. The molecule has 3 aliphatic rings. The summed E-state index contributed by atoms with van der Waals surface area (Å²) >= 11 is 1.74. The number of hydrogen-bond donors (Lipinski definition) is 2. The van der Waals surface area contributed by atoms with Crippen molar-refractivity contribution in [3.8, 4) is 5.75 Å². The zero-order valence-corrected chi connectivity index (χ0v) is 23.4. The highest BCUT2D eigenvalue weighted by Gasteiger charge is 2.34.